The van der Waals surface area contributed by atoms with E-state index in [0.717, 1.165) is 35.5 Å². The summed E-state index contributed by atoms with van der Waals surface area (Å²) in [5, 5.41) is 28.7. The summed E-state index contributed by atoms with van der Waals surface area (Å²) in [6.07, 6.45) is 3.27. The average Bonchev–Trinajstić information content (AvgIpc) is 3.53. The van der Waals surface area contributed by atoms with Crippen molar-refractivity contribution in [3.63, 3.8) is 0 Å². The molecule has 1 aliphatic carbocycles. The van der Waals surface area contributed by atoms with Crippen molar-refractivity contribution >= 4 is 65.9 Å². The second-order valence-electron chi connectivity index (χ2n) is 9.56. The van der Waals surface area contributed by atoms with Crippen LogP contribution in [0.2, 0.25) is 8.67 Å². The Bertz CT molecular complexity index is 1220. The van der Waals surface area contributed by atoms with Crippen LogP contribution in [-0.4, -0.2) is 63.1 Å². The van der Waals surface area contributed by atoms with Crippen LogP contribution < -0.4 is 9.44 Å². The van der Waals surface area contributed by atoms with E-state index in [-0.39, 0.29) is 33.0 Å². The molecule has 0 spiro atoms. The van der Waals surface area contributed by atoms with E-state index < -0.39 is 38.2 Å². The van der Waals surface area contributed by atoms with Gasteiger partial charge in [0.05, 0.1) is 33.5 Å². The predicted octanol–water partition coefficient (Wildman–Crippen LogP) is 4.46. The Labute approximate surface area is 249 Å². The fraction of sp³-hybridized carbons (Fsp3) is 0.667. The van der Waals surface area contributed by atoms with E-state index in [1.807, 2.05) is 13.8 Å². The Kier molecular flexibility index (Phi) is 14.1. The van der Waals surface area contributed by atoms with E-state index in [4.69, 9.17) is 23.2 Å². The number of rotatable bonds is 12. The monoisotopic (exact) mass is 664 g/mol. The quantitative estimate of drug-likeness (QED) is 0.225. The number of hydrogen-bond donors (Lipinski definition) is 5. The Balaban J connectivity index is 0.000000274. The van der Waals surface area contributed by atoms with Crippen molar-refractivity contribution in [3.8, 4) is 0 Å². The third-order valence-electron chi connectivity index (χ3n) is 6.81. The van der Waals surface area contributed by atoms with Crippen molar-refractivity contribution in [3.05, 3.63) is 32.9 Å². The van der Waals surface area contributed by atoms with Crippen LogP contribution in [0.3, 0.4) is 0 Å². The number of aliphatic hydroxyl groups excluding tert-OH is 3. The number of thiophene rings is 2. The normalized spacial score (nSPS) is 20.7. The molecule has 224 valence electrons. The molecule has 0 aromatic carbocycles. The molecule has 3 rings (SSSR count). The minimum Gasteiger partial charge on any atom is -0.395 e. The first-order chi connectivity index (χ1) is 18.2. The van der Waals surface area contributed by atoms with E-state index in [0.29, 0.717) is 34.4 Å². The number of sulfonamides is 2. The summed E-state index contributed by atoms with van der Waals surface area (Å²) < 4.78 is 55.2. The van der Waals surface area contributed by atoms with Gasteiger partial charge in [-0.25, -0.2) is 26.3 Å². The molecule has 0 amide bonds. The summed E-state index contributed by atoms with van der Waals surface area (Å²) in [6, 6.07) is 5.01. The topological polar surface area (TPSA) is 153 Å². The second kappa shape index (κ2) is 15.8. The lowest BCUT2D eigenvalue weighted by Crippen LogP contribution is -2.46. The van der Waals surface area contributed by atoms with Gasteiger partial charge in [-0.2, -0.15) is 0 Å². The fourth-order valence-corrected chi connectivity index (χ4v) is 10.2. The number of aliphatic hydroxyl groups is 3. The Hall–Kier alpha value is -0.320. The molecule has 5 N–H and O–H groups in total. The molecular formula is C24H38Cl2N2O7S4. The lowest BCUT2D eigenvalue weighted by molar-refractivity contribution is 0.0892. The molecule has 0 radical (unpaired) electrons. The lowest BCUT2D eigenvalue weighted by Gasteiger charge is -2.31. The zero-order valence-corrected chi connectivity index (χ0v) is 26.9. The van der Waals surface area contributed by atoms with Gasteiger partial charge < -0.3 is 15.3 Å². The zero-order chi connectivity index (χ0) is 29.4. The predicted molar refractivity (Wildman–Crippen MR) is 158 cm³/mol. The van der Waals surface area contributed by atoms with Crippen molar-refractivity contribution in [2.24, 2.45) is 11.8 Å². The summed E-state index contributed by atoms with van der Waals surface area (Å²) in [6.45, 7) is 5.33. The molecule has 39 heavy (non-hydrogen) atoms. The summed E-state index contributed by atoms with van der Waals surface area (Å²) in [4.78, 5) is 0. The van der Waals surface area contributed by atoms with Crippen LogP contribution in [0.25, 0.3) is 0 Å². The van der Waals surface area contributed by atoms with Crippen molar-refractivity contribution < 1.29 is 32.2 Å². The van der Waals surface area contributed by atoms with Gasteiger partial charge in [0.25, 0.3) is 0 Å². The second-order valence-corrected chi connectivity index (χ2v) is 16.9. The van der Waals surface area contributed by atoms with Gasteiger partial charge in [0.1, 0.15) is 8.42 Å². The first kappa shape index (κ1) is 34.9. The molecule has 1 unspecified atom stereocenters. The Morgan fingerprint density at radius 2 is 1.36 bits per heavy atom. The summed E-state index contributed by atoms with van der Waals surface area (Å²) in [7, 11) is -7.28. The highest BCUT2D eigenvalue weighted by molar-refractivity contribution is 7.92. The standard InChI is InChI=1S/C12H18ClNO4S2.C12H20ClNO3S2/c13-11-5-6-12(19-11)20(17,18)14-10(7-15)8-1-3-9(16)4-2-8;1-4-9(5-2)12(8(3)15)14-19(16,17)11-7-6-10(13)18-11/h5-6,8-10,14-16H,1-4,7H2;6-9,12,14-15H,4-5H2,1-3H3/t8?,9?,10-;8?,12-/m11/s1. The van der Waals surface area contributed by atoms with Crippen LogP contribution in [-0.2, 0) is 20.0 Å². The number of nitrogens with one attached hydrogen (secondary N) is 2. The lowest BCUT2D eigenvalue weighted by atomic mass is 9.83. The summed E-state index contributed by atoms with van der Waals surface area (Å²) >= 11 is 13.5. The van der Waals surface area contributed by atoms with Crippen molar-refractivity contribution in [2.75, 3.05) is 6.61 Å². The SMILES string of the molecule is CCC(CC)[C@H](NS(=O)(=O)c1ccc(Cl)s1)C(C)O.O=S(=O)(N[C@H](CO)C1CCC(O)CC1)c1ccc(Cl)s1. The first-order valence-electron chi connectivity index (χ1n) is 12.8. The van der Waals surface area contributed by atoms with Gasteiger partial charge in [-0.05, 0) is 68.7 Å². The molecule has 9 nitrogen and oxygen atoms in total. The molecule has 3 atom stereocenters. The molecule has 1 saturated carbocycles. The van der Waals surface area contributed by atoms with Crippen molar-refractivity contribution in [1.82, 2.24) is 9.44 Å². The Morgan fingerprint density at radius 3 is 1.72 bits per heavy atom. The minimum absolute atomic E-state index is 0.0496. The molecule has 0 bridgehead atoms. The van der Waals surface area contributed by atoms with Gasteiger partial charge in [0.2, 0.25) is 20.0 Å². The van der Waals surface area contributed by atoms with Crippen LogP contribution >= 0.6 is 45.9 Å². The molecule has 2 aromatic heterocycles. The summed E-state index contributed by atoms with van der Waals surface area (Å²) in [5.41, 5.74) is 0. The highest BCUT2D eigenvalue weighted by atomic mass is 35.5. The number of halogens is 2. The highest BCUT2D eigenvalue weighted by Crippen LogP contribution is 2.30. The average molecular weight is 666 g/mol. The maximum absolute atomic E-state index is 12.2. The third-order valence-corrected chi connectivity index (χ3v) is 13.2. The van der Waals surface area contributed by atoms with Gasteiger partial charge >= 0.3 is 0 Å². The van der Waals surface area contributed by atoms with E-state index in [1.54, 1.807) is 13.0 Å². The van der Waals surface area contributed by atoms with Gasteiger partial charge in [-0.3, -0.25) is 0 Å². The van der Waals surface area contributed by atoms with Crippen molar-refractivity contribution in [2.45, 2.75) is 92.0 Å². The molecule has 1 aliphatic rings. The Morgan fingerprint density at radius 1 is 0.897 bits per heavy atom. The van der Waals surface area contributed by atoms with E-state index in [1.165, 1.54) is 18.2 Å². The number of hydrogen-bond acceptors (Lipinski definition) is 9. The zero-order valence-electron chi connectivity index (χ0n) is 22.1. The fourth-order valence-electron chi connectivity index (χ4n) is 4.55. The third kappa shape index (κ3) is 10.5. The van der Waals surface area contributed by atoms with Crippen LogP contribution in [0.4, 0.5) is 0 Å². The largest absolute Gasteiger partial charge is 0.395 e. The highest BCUT2D eigenvalue weighted by Gasteiger charge is 2.31. The minimum atomic E-state index is -3.65. The van der Waals surface area contributed by atoms with Gasteiger partial charge in [-0.15, -0.1) is 22.7 Å². The molecular weight excluding hydrogens is 627 g/mol. The molecule has 15 heteroatoms. The summed E-state index contributed by atoms with van der Waals surface area (Å²) in [5.74, 6) is 0.152. The molecule has 1 fully saturated rings. The van der Waals surface area contributed by atoms with Gasteiger partial charge in [-0.1, -0.05) is 49.9 Å². The van der Waals surface area contributed by atoms with Crippen LogP contribution in [0.5, 0.6) is 0 Å². The van der Waals surface area contributed by atoms with E-state index >= 15 is 0 Å². The maximum atomic E-state index is 12.2. The van der Waals surface area contributed by atoms with Gasteiger partial charge in [0, 0.05) is 6.04 Å². The van der Waals surface area contributed by atoms with Crippen LogP contribution in [0, 0.1) is 11.8 Å². The van der Waals surface area contributed by atoms with Crippen LogP contribution in [0.15, 0.2) is 32.7 Å². The maximum Gasteiger partial charge on any atom is 0.250 e. The van der Waals surface area contributed by atoms with E-state index in [9.17, 15) is 32.2 Å². The molecule has 2 aromatic rings. The molecule has 2 heterocycles. The first-order valence-corrected chi connectivity index (χ1v) is 18.1. The van der Waals surface area contributed by atoms with Crippen LogP contribution in [0.1, 0.15) is 59.3 Å². The van der Waals surface area contributed by atoms with E-state index in [2.05, 4.69) is 9.44 Å². The molecule has 0 aliphatic heterocycles. The van der Waals surface area contributed by atoms with Crippen molar-refractivity contribution in [1.29, 1.82) is 0 Å². The van der Waals surface area contributed by atoms with Gasteiger partial charge in [0.15, 0.2) is 0 Å². The molecule has 0 saturated heterocycles. The smallest absolute Gasteiger partial charge is 0.250 e.